The van der Waals surface area contributed by atoms with Crippen molar-refractivity contribution in [3.63, 3.8) is 0 Å². The van der Waals surface area contributed by atoms with Gasteiger partial charge in [-0.3, -0.25) is 19.9 Å². The fourth-order valence-electron chi connectivity index (χ4n) is 2.43. The second-order valence-electron chi connectivity index (χ2n) is 5.55. The summed E-state index contributed by atoms with van der Waals surface area (Å²) < 4.78 is 5.69. The van der Waals surface area contributed by atoms with Crippen molar-refractivity contribution in [2.45, 2.75) is 0 Å². The second-order valence-corrected chi connectivity index (χ2v) is 5.98. The van der Waals surface area contributed by atoms with Gasteiger partial charge in [0.1, 0.15) is 12.4 Å². The maximum atomic E-state index is 11.7. The van der Waals surface area contributed by atoms with Gasteiger partial charge in [0, 0.05) is 44.8 Å². The number of halogens is 1. The van der Waals surface area contributed by atoms with E-state index < -0.39 is 6.03 Å². The van der Waals surface area contributed by atoms with Crippen LogP contribution in [0.2, 0.25) is 5.02 Å². The van der Waals surface area contributed by atoms with E-state index in [1.165, 1.54) is 7.05 Å². The lowest BCUT2D eigenvalue weighted by Crippen LogP contribution is -2.51. The van der Waals surface area contributed by atoms with Gasteiger partial charge in [-0.2, -0.15) is 0 Å². The lowest BCUT2D eigenvalue weighted by Gasteiger charge is -2.34. The van der Waals surface area contributed by atoms with Crippen LogP contribution in [0.5, 0.6) is 5.75 Å². The van der Waals surface area contributed by atoms with Crippen LogP contribution in [0.1, 0.15) is 0 Å². The van der Waals surface area contributed by atoms with Crippen LogP contribution in [0.25, 0.3) is 0 Å². The van der Waals surface area contributed by atoms with Crippen LogP contribution in [-0.4, -0.2) is 74.7 Å². The monoisotopic (exact) mass is 354 g/mol. The minimum Gasteiger partial charge on any atom is -0.492 e. The summed E-state index contributed by atoms with van der Waals surface area (Å²) in [7, 11) is 1.48. The average molecular weight is 355 g/mol. The lowest BCUT2D eigenvalue weighted by molar-refractivity contribution is -0.121. The van der Waals surface area contributed by atoms with Crippen molar-refractivity contribution in [3.05, 3.63) is 29.3 Å². The van der Waals surface area contributed by atoms with Crippen LogP contribution in [0.3, 0.4) is 0 Å². The Hall–Kier alpha value is -1.83. The molecule has 1 aliphatic rings. The van der Waals surface area contributed by atoms with Crippen molar-refractivity contribution < 1.29 is 14.3 Å². The summed E-state index contributed by atoms with van der Waals surface area (Å²) >= 11 is 5.83. The first-order chi connectivity index (χ1) is 11.6. The zero-order valence-electron chi connectivity index (χ0n) is 13.8. The van der Waals surface area contributed by atoms with Gasteiger partial charge in [-0.1, -0.05) is 11.6 Å². The Morgan fingerprint density at radius 1 is 1.12 bits per heavy atom. The Labute approximate surface area is 146 Å². The highest BCUT2D eigenvalue weighted by atomic mass is 35.5. The molecule has 24 heavy (non-hydrogen) atoms. The van der Waals surface area contributed by atoms with Crippen molar-refractivity contribution >= 4 is 23.5 Å². The third-order valence-electron chi connectivity index (χ3n) is 3.80. The van der Waals surface area contributed by atoms with Crippen molar-refractivity contribution in [3.8, 4) is 5.75 Å². The Balaban J connectivity index is 1.61. The van der Waals surface area contributed by atoms with Crippen LogP contribution in [0.4, 0.5) is 4.79 Å². The Kier molecular flexibility index (Phi) is 7.30. The first kappa shape index (κ1) is 18.5. The molecule has 0 atom stereocenters. The molecule has 0 aliphatic carbocycles. The number of nitrogens with zero attached hydrogens (tertiary/aromatic N) is 2. The molecule has 8 heteroatoms. The molecule has 1 saturated heterocycles. The molecule has 7 nitrogen and oxygen atoms in total. The van der Waals surface area contributed by atoms with Crippen LogP contribution < -0.4 is 15.4 Å². The van der Waals surface area contributed by atoms with Gasteiger partial charge in [0.25, 0.3) is 0 Å². The maximum absolute atomic E-state index is 11.7. The highest BCUT2D eigenvalue weighted by Gasteiger charge is 2.19. The number of carbonyl (C=O) groups excluding carboxylic acids is 2. The number of urea groups is 1. The van der Waals surface area contributed by atoms with E-state index in [0.717, 1.165) is 38.5 Å². The van der Waals surface area contributed by atoms with Crippen LogP contribution >= 0.6 is 11.6 Å². The molecule has 1 aromatic rings. The average Bonchev–Trinajstić information content (AvgIpc) is 2.58. The molecule has 0 saturated carbocycles. The molecule has 0 spiro atoms. The second kappa shape index (κ2) is 9.46. The fraction of sp³-hybridized carbons (Fsp3) is 0.500. The summed E-state index contributed by atoms with van der Waals surface area (Å²) in [5.74, 6) is 0.526. The van der Waals surface area contributed by atoms with Crippen molar-refractivity contribution in [1.29, 1.82) is 0 Å². The number of nitrogens with one attached hydrogen (secondary N) is 2. The van der Waals surface area contributed by atoms with E-state index in [1.807, 2.05) is 17.0 Å². The van der Waals surface area contributed by atoms with Crippen molar-refractivity contribution in [1.82, 2.24) is 20.4 Å². The highest BCUT2D eigenvalue weighted by molar-refractivity contribution is 6.30. The fourth-order valence-corrected chi connectivity index (χ4v) is 2.55. The molecule has 3 amide bonds. The Morgan fingerprint density at radius 3 is 2.38 bits per heavy atom. The summed E-state index contributed by atoms with van der Waals surface area (Å²) in [4.78, 5) is 27.1. The predicted octanol–water partition coefficient (Wildman–Crippen LogP) is 0.792. The van der Waals surface area contributed by atoms with Gasteiger partial charge in [0.2, 0.25) is 5.91 Å². The number of ether oxygens (including phenoxy) is 1. The van der Waals surface area contributed by atoms with Gasteiger partial charge in [-0.05, 0) is 24.3 Å². The molecule has 0 radical (unpaired) electrons. The molecule has 1 aromatic carbocycles. The number of piperazine rings is 1. The third-order valence-corrected chi connectivity index (χ3v) is 4.05. The minimum atomic E-state index is -0.474. The Morgan fingerprint density at radius 2 is 1.75 bits per heavy atom. The van der Waals surface area contributed by atoms with Gasteiger partial charge in [-0.25, -0.2) is 4.79 Å². The van der Waals surface area contributed by atoms with Gasteiger partial charge in [-0.15, -0.1) is 0 Å². The molecule has 132 valence electrons. The summed E-state index contributed by atoms with van der Waals surface area (Å²) in [6.45, 7) is 5.01. The SMILES string of the molecule is CNC(=O)NC(=O)CN1CCN(CCOc2ccc(Cl)cc2)CC1. The molecule has 1 heterocycles. The van der Waals surface area contributed by atoms with E-state index in [0.29, 0.717) is 11.6 Å². The zero-order chi connectivity index (χ0) is 17.4. The molecular weight excluding hydrogens is 332 g/mol. The minimum absolute atomic E-state index is 0.239. The maximum Gasteiger partial charge on any atom is 0.321 e. The van der Waals surface area contributed by atoms with E-state index >= 15 is 0 Å². The summed E-state index contributed by atoms with van der Waals surface area (Å²) in [5, 5.41) is 5.33. The topological polar surface area (TPSA) is 73.9 Å². The van der Waals surface area contributed by atoms with E-state index in [2.05, 4.69) is 15.5 Å². The quantitative estimate of drug-likeness (QED) is 0.790. The van der Waals surface area contributed by atoms with Crippen molar-refractivity contribution in [2.24, 2.45) is 0 Å². The number of amides is 3. The number of hydrogen-bond donors (Lipinski definition) is 2. The van der Waals surface area contributed by atoms with E-state index in [-0.39, 0.29) is 12.5 Å². The standard InChI is InChI=1S/C16H23ClN4O3/c1-18-16(23)19-15(22)12-21-8-6-20(7-9-21)10-11-24-14-4-2-13(17)3-5-14/h2-5H,6-12H2,1H3,(H2,18,19,22,23). The summed E-state index contributed by atoms with van der Waals surface area (Å²) in [6.07, 6.45) is 0. The van der Waals surface area contributed by atoms with Gasteiger partial charge in [0.05, 0.1) is 6.54 Å². The van der Waals surface area contributed by atoms with Gasteiger partial charge in [0.15, 0.2) is 0 Å². The Bertz CT molecular complexity index is 545. The summed E-state index contributed by atoms with van der Waals surface area (Å²) in [5.41, 5.74) is 0. The molecule has 2 N–H and O–H groups in total. The third kappa shape index (κ3) is 6.35. The largest absolute Gasteiger partial charge is 0.492 e. The van der Waals surface area contributed by atoms with Crippen LogP contribution in [0.15, 0.2) is 24.3 Å². The van der Waals surface area contributed by atoms with E-state index in [9.17, 15) is 9.59 Å². The van der Waals surface area contributed by atoms with E-state index in [4.69, 9.17) is 16.3 Å². The van der Waals surface area contributed by atoms with Gasteiger partial charge >= 0.3 is 6.03 Å². The molecule has 1 fully saturated rings. The van der Waals surface area contributed by atoms with Crippen LogP contribution in [0, 0.1) is 0 Å². The zero-order valence-corrected chi connectivity index (χ0v) is 14.5. The number of hydrogen-bond acceptors (Lipinski definition) is 5. The van der Waals surface area contributed by atoms with Gasteiger partial charge < -0.3 is 10.1 Å². The molecule has 2 rings (SSSR count). The molecule has 1 aliphatic heterocycles. The van der Waals surface area contributed by atoms with Crippen molar-refractivity contribution in [2.75, 3.05) is 52.9 Å². The first-order valence-electron chi connectivity index (χ1n) is 7.91. The number of rotatable bonds is 6. The summed E-state index contributed by atoms with van der Waals surface area (Å²) in [6, 6.07) is 6.84. The smallest absolute Gasteiger partial charge is 0.321 e. The normalized spacial score (nSPS) is 15.8. The van der Waals surface area contributed by atoms with E-state index in [1.54, 1.807) is 12.1 Å². The molecule has 0 aromatic heterocycles. The lowest BCUT2D eigenvalue weighted by atomic mass is 10.3. The van der Waals surface area contributed by atoms with Crippen LogP contribution in [-0.2, 0) is 4.79 Å². The number of imide groups is 1. The molecule has 0 unspecified atom stereocenters. The number of carbonyl (C=O) groups is 2. The molecular formula is C16H23ClN4O3. The first-order valence-corrected chi connectivity index (χ1v) is 8.29. The predicted molar refractivity (Wildman–Crippen MR) is 92.4 cm³/mol. The highest BCUT2D eigenvalue weighted by Crippen LogP contribution is 2.15. The molecule has 0 bridgehead atoms. The number of benzene rings is 1.